The summed E-state index contributed by atoms with van der Waals surface area (Å²) in [7, 11) is 0. The van der Waals surface area contributed by atoms with E-state index in [1.807, 2.05) is 60.7 Å². The number of nitrogens with two attached hydrogens (primary N) is 1. The van der Waals surface area contributed by atoms with Crippen LogP contribution in [0.3, 0.4) is 0 Å². The van der Waals surface area contributed by atoms with Gasteiger partial charge in [-0.3, -0.25) is 0 Å². The summed E-state index contributed by atoms with van der Waals surface area (Å²) in [5.41, 5.74) is 9.46. The number of fused-ring (bicyclic) bond motifs is 1. The number of para-hydroxylation sites is 2. The van der Waals surface area contributed by atoms with Gasteiger partial charge in [0.25, 0.3) is 0 Å². The molecule has 2 aromatic carbocycles. The quantitative estimate of drug-likeness (QED) is 0.446. The minimum Gasteiger partial charge on any atom is -0.382 e. The number of hydrogen-bond acceptors (Lipinski definition) is 6. The Morgan fingerprint density at radius 3 is 2.44 bits per heavy atom. The summed E-state index contributed by atoms with van der Waals surface area (Å²) >= 11 is 0. The van der Waals surface area contributed by atoms with Gasteiger partial charge in [0.15, 0.2) is 0 Å². The summed E-state index contributed by atoms with van der Waals surface area (Å²) < 4.78 is 1.50. The maximum atomic E-state index is 10.1. The highest BCUT2D eigenvalue weighted by Crippen LogP contribution is 2.31. The molecule has 2 N–H and O–H groups in total. The molecule has 4 aromatic rings. The van der Waals surface area contributed by atoms with Crippen molar-refractivity contribution in [1.29, 1.82) is 10.5 Å². The van der Waals surface area contributed by atoms with Gasteiger partial charge in [-0.1, -0.05) is 36.4 Å². The minimum atomic E-state index is 0.185. The van der Waals surface area contributed by atoms with Gasteiger partial charge in [0.2, 0.25) is 0 Å². The number of rotatable bonds is 4. The Hall–Kier alpha value is -4.62. The van der Waals surface area contributed by atoms with Gasteiger partial charge in [-0.15, -0.1) is 0 Å². The molecule has 166 valence electrons. The molecule has 0 saturated carbocycles. The Morgan fingerprint density at radius 2 is 1.71 bits per heavy atom. The van der Waals surface area contributed by atoms with E-state index in [1.165, 1.54) is 11.1 Å². The zero-order valence-corrected chi connectivity index (χ0v) is 18.6. The normalized spacial score (nSPS) is 14.1. The highest BCUT2D eigenvalue weighted by molar-refractivity contribution is 5.95. The second kappa shape index (κ2) is 9.09. The maximum Gasteiger partial charge on any atom is 0.145 e. The van der Waals surface area contributed by atoms with E-state index in [1.54, 1.807) is 6.08 Å². The lowest BCUT2D eigenvalue weighted by atomic mass is 10.0. The molecule has 0 aliphatic carbocycles. The minimum absolute atomic E-state index is 0.185. The maximum absolute atomic E-state index is 10.1. The highest BCUT2D eigenvalue weighted by atomic mass is 15.3. The van der Waals surface area contributed by atoms with E-state index < -0.39 is 0 Å². The number of nitriles is 2. The SMILES string of the molecule is N#C/C(=C\c1cc2ccccc2nc1N1CCCCC1)c1nn(-c2ccccc2)c(N)c1C#N. The summed E-state index contributed by atoms with van der Waals surface area (Å²) in [5.74, 6) is 1.05. The first-order valence-electron chi connectivity index (χ1n) is 11.3. The third kappa shape index (κ3) is 3.85. The standard InChI is InChI=1S/C27H23N7/c28-17-21(25-23(18-29)26(30)34(32-25)22-10-3-1-4-11-22)16-20-15-19-9-5-6-12-24(19)31-27(20)33-13-7-2-8-14-33/h1,3-6,9-12,15-16H,2,7-8,13-14,30H2/b21-16+. The molecule has 1 aliphatic rings. The van der Waals surface area contributed by atoms with Crippen LogP contribution >= 0.6 is 0 Å². The van der Waals surface area contributed by atoms with Gasteiger partial charge in [0.05, 0.1) is 16.8 Å². The molecule has 1 saturated heterocycles. The largest absolute Gasteiger partial charge is 0.382 e. The zero-order valence-electron chi connectivity index (χ0n) is 18.6. The number of pyridine rings is 1. The lowest BCUT2D eigenvalue weighted by molar-refractivity contribution is 0.574. The Balaban J connectivity index is 1.68. The number of nitrogen functional groups attached to an aromatic ring is 1. The van der Waals surface area contributed by atoms with Gasteiger partial charge in [-0.05, 0) is 49.6 Å². The van der Waals surface area contributed by atoms with E-state index in [0.29, 0.717) is 0 Å². The Bertz CT molecular complexity index is 1460. The fourth-order valence-corrected chi connectivity index (χ4v) is 4.39. The van der Waals surface area contributed by atoms with Crippen LogP contribution in [-0.4, -0.2) is 27.9 Å². The number of nitrogens with zero attached hydrogens (tertiary/aromatic N) is 6. The summed E-state index contributed by atoms with van der Waals surface area (Å²) in [6, 6.07) is 23.7. The average Bonchev–Trinajstić information content (AvgIpc) is 3.23. The van der Waals surface area contributed by atoms with E-state index in [4.69, 9.17) is 10.7 Å². The highest BCUT2D eigenvalue weighted by Gasteiger charge is 2.22. The van der Waals surface area contributed by atoms with Crippen molar-refractivity contribution in [2.75, 3.05) is 23.7 Å². The second-order valence-corrected chi connectivity index (χ2v) is 8.28. The number of piperidine rings is 1. The molecule has 0 atom stereocenters. The van der Waals surface area contributed by atoms with Crippen LogP contribution in [0.2, 0.25) is 0 Å². The molecule has 0 radical (unpaired) electrons. The topological polar surface area (TPSA) is 108 Å². The van der Waals surface area contributed by atoms with Gasteiger partial charge < -0.3 is 10.6 Å². The van der Waals surface area contributed by atoms with E-state index >= 15 is 0 Å². The number of hydrogen-bond donors (Lipinski definition) is 1. The Morgan fingerprint density at radius 1 is 0.971 bits per heavy atom. The van der Waals surface area contributed by atoms with Crippen molar-refractivity contribution < 1.29 is 0 Å². The van der Waals surface area contributed by atoms with Gasteiger partial charge in [0, 0.05) is 24.0 Å². The number of anilines is 2. The molecule has 34 heavy (non-hydrogen) atoms. The van der Waals surface area contributed by atoms with E-state index in [2.05, 4.69) is 22.1 Å². The first-order chi connectivity index (χ1) is 16.7. The van der Waals surface area contributed by atoms with Crippen molar-refractivity contribution in [3.63, 3.8) is 0 Å². The molecule has 7 nitrogen and oxygen atoms in total. The zero-order chi connectivity index (χ0) is 23.5. The molecule has 1 aliphatic heterocycles. The van der Waals surface area contributed by atoms with Crippen LogP contribution in [0.25, 0.3) is 28.2 Å². The van der Waals surface area contributed by atoms with Gasteiger partial charge >= 0.3 is 0 Å². The molecule has 0 unspecified atom stereocenters. The van der Waals surface area contributed by atoms with Crippen LogP contribution in [0, 0.1) is 22.7 Å². The molecule has 0 amide bonds. The van der Waals surface area contributed by atoms with Crippen molar-refractivity contribution in [1.82, 2.24) is 14.8 Å². The lowest BCUT2D eigenvalue weighted by Crippen LogP contribution is -2.30. The summed E-state index contributed by atoms with van der Waals surface area (Å²) in [6.07, 6.45) is 5.21. The lowest BCUT2D eigenvalue weighted by Gasteiger charge is -2.29. The van der Waals surface area contributed by atoms with Crippen molar-refractivity contribution in [2.24, 2.45) is 0 Å². The van der Waals surface area contributed by atoms with Crippen LogP contribution in [0.15, 0.2) is 60.7 Å². The average molecular weight is 446 g/mol. The van der Waals surface area contributed by atoms with Gasteiger partial charge in [0.1, 0.15) is 35.0 Å². The third-order valence-corrected chi connectivity index (χ3v) is 6.10. The predicted octanol–water partition coefficient (Wildman–Crippen LogP) is 4.93. The van der Waals surface area contributed by atoms with Crippen LogP contribution in [0.1, 0.15) is 36.1 Å². The third-order valence-electron chi connectivity index (χ3n) is 6.10. The molecular weight excluding hydrogens is 422 g/mol. The van der Waals surface area contributed by atoms with E-state index in [0.717, 1.165) is 53.9 Å². The molecule has 3 heterocycles. The Kier molecular flexibility index (Phi) is 5.68. The van der Waals surface area contributed by atoms with Gasteiger partial charge in [-0.2, -0.15) is 15.6 Å². The molecule has 2 aromatic heterocycles. The fourth-order valence-electron chi connectivity index (χ4n) is 4.39. The fraction of sp³-hybridized carbons (Fsp3) is 0.185. The van der Waals surface area contributed by atoms with Crippen molar-refractivity contribution in [2.45, 2.75) is 19.3 Å². The second-order valence-electron chi connectivity index (χ2n) is 8.28. The summed E-state index contributed by atoms with van der Waals surface area (Å²) in [5, 5.41) is 25.5. The van der Waals surface area contributed by atoms with E-state index in [9.17, 15) is 10.5 Å². The smallest absolute Gasteiger partial charge is 0.145 e. The monoisotopic (exact) mass is 445 g/mol. The van der Waals surface area contributed by atoms with Crippen molar-refractivity contribution in [3.05, 3.63) is 77.5 Å². The van der Waals surface area contributed by atoms with Crippen molar-refractivity contribution >= 4 is 34.2 Å². The predicted molar refractivity (Wildman–Crippen MR) is 134 cm³/mol. The first kappa shape index (κ1) is 21.2. The van der Waals surface area contributed by atoms with Crippen LogP contribution in [-0.2, 0) is 0 Å². The first-order valence-corrected chi connectivity index (χ1v) is 11.3. The van der Waals surface area contributed by atoms with Gasteiger partial charge in [-0.25, -0.2) is 9.67 Å². The molecular formula is C27H23N7. The summed E-state index contributed by atoms with van der Waals surface area (Å²) in [6.45, 7) is 1.85. The Labute approximate surface area is 198 Å². The number of allylic oxidation sites excluding steroid dienone is 1. The van der Waals surface area contributed by atoms with Crippen molar-refractivity contribution in [3.8, 4) is 17.8 Å². The van der Waals surface area contributed by atoms with Crippen LogP contribution in [0.5, 0.6) is 0 Å². The molecule has 1 fully saturated rings. The van der Waals surface area contributed by atoms with Crippen LogP contribution in [0.4, 0.5) is 11.6 Å². The summed E-state index contributed by atoms with van der Waals surface area (Å²) in [4.78, 5) is 7.23. The molecule has 7 heteroatoms. The number of benzene rings is 2. The molecule has 0 bridgehead atoms. The molecule has 5 rings (SSSR count). The van der Waals surface area contributed by atoms with E-state index in [-0.39, 0.29) is 22.6 Å². The van der Waals surface area contributed by atoms with Crippen LogP contribution < -0.4 is 10.6 Å². The molecule has 0 spiro atoms. The number of aromatic nitrogens is 3.